The van der Waals surface area contributed by atoms with Crippen molar-refractivity contribution in [2.45, 2.75) is 65.3 Å². The zero-order valence-electron chi connectivity index (χ0n) is 12.1. The number of rotatable bonds is 1. The highest BCUT2D eigenvalue weighted by Gasteiger charge is 2.70. The molecule has 3 aliphatic rings. The third kappa shape index (κ3) is 1.41. The van der Waals surface area contributed by atoms with Crippen molar-refractivity contribution >= 4 is 0 Å². The van der Waals surface area contributed by atoms with Crippen molar-refractivity contribution in [1.29, 1.82) is 0 Å². The Hall–Kier alpha value is -0.0400. The van der Waals surface area contributed by atoms with Crippen LogP contribution in [0.1, 0.15) is 59.8 Å². The van der Waals surface area contributed by atoms with Gasteiger partial charge in [-0.25, -0.2) is 0 Å². The number of hydrogen-bond donors (Lipinski definition) is 1. The molecule has 0 radical (unpaired) electrons. The van der Waals surface area contributed by atoms with Gasteiger partial charge >= 0.3 is 0 Å². The summed E-state index contributed by atoms with van der Waals surface area (Å²) in [6, 6.07) is 0. The van der Waals surface area contributed by atoms with Crippen LogP contribution in [-0.4, -0.2) is 5.54 Å². The highest BCUT2D eigenvalue weighted by Crippen LogP contribution is 2.73. The Morgan fingerprint density at radius 2 is 1.76 bits per heavy atom. The predicted molar refractivity (Wildman–Crippen MR) is 71.1 cm³/mol. The lowest BCUT2D eigenvalue weighted by Gasteiger charge is -2.54. The summed E-state index contributed by atoms with van der Waals surface area (Å²) in [6.45, 7) is 10.1. The Balaban J connectivity index is 1.98. The quantitative estimate of drug-likeness (QED) is 0.673. The summed E-state index contributed by atoms with van der Waals surface area (Å²) >= 11 is 0. The van der Waals surface area contributed by atoms with Crippen LogP contribution < -0.4 is 5.32 Å². The van der Waals surface area contributed by atoms with Crippen LogP contribution in [0.3, 0.4) is 0 Å². The molecule has 0 aromatic carbocycles. The number of quaternary nitrogens is 1. The summed E-state index contributed by atoms with van der Waals surface area (Å²) < 4.78 is 0. The standard InChI is InChI=1S/C16H29N/c1-14(2)11-7-10-15(3)8-6-9-16(4,17-5)13(15)12(11)14/h11-13H,5-10,17H2,1-4H3/t11-,12-,13+,15+,16+/m1/s1. The first-order valence-corrected chi connectivity index (χ1v) is 7.49. The van der Waals surface area contributed by atoms with Crippen LogP contribution in [0.25, 0.3) is 0 Å². The topological polar surface area (TPSA) is 16.6 Å². The summed E-state index contributed by atoms with van der Waals surface area (Å²) in [5.74, 6) is 2.89. The first-order valence-electron chi connectivity index (χ1n) is 7.49. The van der Waals surface area contributed by atoms with E-state index < -0.39 is 0 Å². The molecule has 3 saturated carbocycles. The zero-order chi connectivity index (χ0) is 12.5. The van der Waals surface area contributed by atoms with Crippen LogP contribution >= 0.6 is 0 Å². The van der Waals surface area contributed by atoms with Gasteiger partial charge < -0.3 is 5.32 Å². The second kappa shape index (κ2) is 3.29. The monoisotopic (exact) mass is 235 g/mol. The molecule has 3 fully saturated rings. The number of hydrogen-bond acceptors (Lipinski definition) is 0. The molecule has 1 nitrogen and oxygen atoms in total. The third-order valence-corrected chi connectivity index (χ3v) is 6.92. The van der Waals surface area contributed by atoms with Crippen molar-refractivity contribution in [1.82, 2.24) is 0 Å². The molecule has 0 aromatic heterocycles. The minimum absolute atomic E-state index is 0.407. The molecule has 0 unspecified atom stereocenters. The molecule has 0 heterocycles. The van der Waals surface area contributed by atoms with E-state index in [-0.39, 0.29) is 0 Å². The molecule has 3 rings (SSSR count). The van der Waals surface area contributed by atoms with Crippen LogP contribution in [0.2, 0.25) is 0 Å². The van der Waals surface area contributed by atoms with E-state index in [0.29, 0.717) is 16.4 Å². The van der Waals surface area contributed by atoms with Crippen molar-refractivity contribution in [2.24, 2.45) is 28.6 Å². The van der Waals surface area contributed by atoms with E-state index in [4.69, 9.17) is 0 Å². The molecular weight excluding hydrogens is 206 g/mol. The lowest BCUT2D eigenvalue weighted by atomic mass is 9.53. The molecule has 17 heavy (non-hydrogen) atoms. The SMILES string of the molecule is [CH2-][NH2+][C@@]1(C)CCC[C@@]2(C)CC[C@@H]3[C@H]([C@@H]21)C3(C)C. The average Bonchev–Trinajstić information content (AvgIpc) is 2.80. The molecule has 0 bridgehead atoms. The van der Waals surface area contributed by atoms with Gasteiger partial charge in [0.25, 0.3) is 0 Å². The fraction of sp³-hybridized carbons (Fsp3) is 0.938. The average molecular weight is 235 g/mol. The van der Waals surface area contributed by atoms with E-state index in [1.54, 1.807) is 0 Å². The third-order valence-electron chi connectivity index (χ3n) is 6.92. The van der Waals surface area contributed by atoms with Gasteiger partial charge in [-0.2, -0.15) is 7.05 Å². The normalized spacial score (nSPS) is 55.9. The van der Waals surface area contributed by atoms with Gasteiger partial charge in [0.2, 0.25) is 0 Å². The molecule has 0 aliphatic heterocycles. The molecule has 1 heteroatoms. The Bertz CT molecular complexity index is 324. The Morgan fingerprint density at radius 3 is 2.41 bits per heavy atom. The molecule has 0 saturated heterocycles. The van der Waals surface area contributed by atoms with Gasteiger partial charge in [0, 0.05) is 12.3 Å². The second-order valence-corrected chi connectivity index (χ2v) is 8.19. The fourth-order valence-electron chi connectivity index (χ4n) is 5.82. The maximum atomic E-state index is 4.18. The largest absolute Gasteiger partial charge is 0.474 e. The number of fused-ring (bicyclic) bond motifs is 3. The maximum absolute atomic E-state index is 4.18. The maximum Gasteiger partial charge on any atom is 0.0731 e. The summed E-state index contributed by atoms with van der Waals surface area (Å²) in [5.41, 5.74) is 1.63. The smallest absolute Gasteiger partial charge is 0.0731 e. The molecule has 0 aromatic rings. The minimum atomic E-state index is 0.407. The van der Waals surface area contributed by atoms with Crippen molar-refractivity contribution < 1.29 is 5.32 Å². The summed E-state index contributed by atoms with van der Waals surface area (Å²) in [6.07, 6.45) is 7.19. The van der Waals surface area contributed by atoms with E-state index in [1.807, 2.05) is 0 Å². The molecular formula is C16H29N. The fourth-order valence-corrected chi connectivity index (χ4v) is 5.82. The Morgan fingerprint density at radius 1 is 1.06 bits per heavy atom. The van der Waals surface area contributed by atoms with Gasteiger partial charge in [-0.1, -0.05) is 20.8 Å². The van der Waals surface area contributed by atoms with E-state index >= 15 is 0 Å². The Kier molecular flexibility index (Phi) is 2.32. The van der Waals surface area contributed by atoms with Gasteiger partial charge in [0.15, 0.2) is 0 Å². The van der Waals surface area contributed by atoms with Gasteiger partial charge in [-0.15, -0.1) is 0 Å². The predicted octanol–water partition coefficient (Wildman–Crippen LogP) is 2.97. The number of nitrogens with two attached hydrogens (primary N) is 1. The Labute approximate surface area is 107 Å². The molecule has 98 valence electrons. The van der Waals surface area contributed by atoms with E-state index in [2.05, 4.69) is 40.1 Å². The van der Waals surface area contributed by atoms with Crippen molar-refractivity contribution in [3.63, 3.8) is 0 Å². The molecule has 2 N–H and O–H groups in total. The zero-order valence-corrected chi connectivity index (χ0v) is 12.1. The van der Waals surface area contributed by atoms with E-state index in [0.717, 1.165) is 17.8 Å². The molecule has 0 amide bonds. The van der Waals surface area contributed by atoms with Gasteiger partial charge in [-0.05, 0) is 55.3 Å². The first-order chi connectivity index (χ1) is 7.85. The summed E-state index contributed by atoms with van der Waals surface area (Å²) in [7, 11) is 4.18. The van der Waals surface area contributed by atoms with Crippen molar-refractivity contribution in [3.8, 4) is 0 Å². The molecule has 3 aliphatic carbocycles. The lowest BCUT2D eigenvalue weighted by Crippen LogP contribution is -2.94. The van der Waals surface area contributed by atoms with Gasteiger partial charge in [0.1, 0.15) is 0 Å². The molecule has 0 spiro atoms. The van der Waals surface area contributed by atoms with Gasteiger partial charge in [-0.3, -0.25) is 0 Å². The van der Waals surface area contributed by atoms with Crippen molar-refractivity contribution in [3.05, 3.63) is 7.05 Å². The first kappa shape index (κ1) is 12.0. The van der Waals surface area contributed by atoms with Crippen LogP contribution in [0.4, 0.5) is 0 Å². The van der Waals surface area contributed by atoms with Crippen LogP contribution in [0.5, 0.6) is 0 Å². The van der Waals surface area contributed by atoms with Crippen LogP contribution in [0.15, 0.2) is 0 Å². The summed E-state index contributed by atoms with van der Waals surface area (Å²) in [5, 5.41) is 2.30. The van der Waals surface area contributed by atoms with E-state index in [1.165, 1.54) is 32.1 Å². The highest BCUT2D eigenvalue weighted by atomic mass is 15.0. The summed E-state index contributed by atoms with van der Waals surface area (Å²) in [4.78, 5) is 0. The van der Waals surface area contributed by atoms with Crippen LogP contribution in [-0.2, 0) is 0 Å². The van der Waals surface area contributed by atoms with Gasteiger partial charge in [0.05, 0.1) is 5.54 Å². The minimum Gasteiger partial charge on any atom is -0.474 e. The van der Waals surface area contributed by atoms with E-state index in [9.17, 15) is 0 Å². The highest BCUT2D eigenvalue weighted by molar-refractivity contribution is 5.18. The van der Waals surface area contributed by atoms with Crippen LogP contribution in [0, 0.1) is 35.6 Å². The second-order valence-electron chi connectivity index (χ2n) is 8.19. The lowest BCUT2D eigenvalue weighted by molar-refractivity contribution is -0.689. The van der Waals surface area contributed by atoms with Crippen molar-refractivity contribution in [2.75, 3.05) is 0 Å². The molecule has 5 atom stereocenters.